The van der Waals surface area contributed by atoms with E-state index in [0.29, 0.717) is 6.42 Å². The summed E-state index contributed by atoms with van der Waals surface area (Å²) in [4.78, 5) is 15.5. The lowest BCUT2D eigenvalue weighted by Gasteiger charge is -2.04. The van der Waals surface area contributed by atoms with E-state index >= 15 is 0 Å². The highest BCUT2D eigenvalue weighted by Crippen LogP contribution is 2.22. The molecule has 0 bridgehead atoms. The number of nitrogens with zero attached hydrogens (tertiary/aromatic N) is 1. The van der Waals surface area contributed by atoms with Crippen molar-refractivity contribution in [3.05, 3.63) is 58.2 Å². The summed E-state index contributed by atoms with van der Waals surface area (Å²) in [5.41, 5.74) is 4.26. The van der Waals surface area contributed by atoms with Crippen molar-refractivity contribution in [1.82, 2.24) is 10.4 Å². The van der Waals surface area contributed by atoms with E-state index in [-0.39, 0.29) is 5.91 Å². The lowest BCUT2D eigenvalue weighted by atomic mass is 10.1. The van der Waals surface area contributed by atoms with E-state index in [9.17, 15) is 4.79 Å². The summed E-state index contributed by atoms with van der Waals surface area (Å²) in [6.07, 6.45) is 2.09. The number of thioether (sulfide) groups is 1. The van der Waals surface area contributed by atoms with Crippen LogP contribution < -0.4 is 11.3 Å². The number of hydrogen-bond donors (Lipinski definition) is 2. The summed E-state index contributed by atoms with van der Waals surface area (Å²) >= 11 is 5.04. The lowest BCUT2D eigenvalue weighted by Crippen LogP contribution is -2.31. The summed E-state index contributed by atoms with van der Waals surface area (Å²) in [6.45, 7) is 0. The van der Waals surface area contributed by atoms with Crippen molar-refractivity contribution >= 4 is 33.6 Å². The largest absolute Gasteiger partial charge is 0.294 e. The zero-order valence-corrected chi connectivity index (χ0v) is 13.1. The van der Waals surface area contributed by atoms with E-state index in [1.165, 1.54) is 5.56 Å². The van der Waals surface area contributed by atoms with E-state index in [1.807, 2.05) is 36.4 Å². The number of hydrazine groups is 1. The van der Waals surface area contributed by atoms with E-state index in [0.717, 1.165) is 20.8 Å². The predicted molar refractivity (Wildman–Crippen MR) is 84.0 cm³/mol. The van der Waals surface area contributed by atoms with Gasteiger partial charge in [-0.05, 0) is 39.2 Å². The van der Waals surface area contributed by atoms with Crippen LogP contribution in [-0.4, -0.2) is 10.9 Å². The van der Waals surface area contributed by atoms with Crippen LogP contribution in [0.4, 0.5) is 0 Å². The molecule has 3 N–H and O–H groups in total. The molecule has 1 aromatic heterocycles. The van der Waals surface area contributed by atoms with E-state index in [4.69, 9.17) is 5.84 Å². The third-order valence-corrected chi connectivity index (χ3v) is 4.12. The fraction of sp³-hybridized carbons (Fsp3) is 0.143. The fourth-order valence-corrected chi connectivity index (χ4v) is 2.63. The second-order valence-electron chi connectivity index (χ2n) is 4.16. The number of carbonyl (C=O) groups excluding carboxylic acids is 1. The Hall–Kier alpha value is -1.37. The van der Waals surface area contributed by atoms with Gasteiger partial charge in [-0.2, -0.15) is 0 Å². The van der Waals surface area contributed by atoms with Gasteiger partial charge in [0.15, 0.2) is 0 Å². The number of benzene rings is 1. The zero-order chi connectivity index (χ0) is 14.4. The van der Waals surface area contributed by atoms with Crippen LogP contribution >= 0.6 is 27.7 Å². The van der Waals surface area contributed by atoms with Gasteiger partial charge in [-0.15, -0.1) is 11.8 Å². The van der Waals surface area contributed by atoms with E-state index < -0.39 is 0 Å². The fourth-order valence-electron chi connectivity index (χ4n) is 1.59. The molecule has 0 aliphatic heterocycles. The Kier molecular flexibility index (Phi) is 5.58. The maximum Gasteiger partial charge on any atom is 0.238 e. The van der Waals surface area contributed by atoms with Crippen molar-refractivity contribution in [3.63, 3.8) is 0 Å². The molecule has 4 nitrogen and oxygen atoms in total. The van der Waals surface area contributed by atoms with Crippen molar-refractivity contribution in [2.24, 2.45) is 5.84 Å². The van der Waals surface area contributed by atoms with Crippen molar-refractivity contribution in [2.75, 3.05) is 0 Å². The number of rotatable bonds is 5. The standard InChI is InChI=1S/C14H14BrN3OS/c15-12-5-6-14(17-8-12)20-9-11-3-1-10(2-4-11)7-13(19)18-16/h1-6,8H,7,9,16H2,(H,18,19). The summed E-state index contributed by atoms with van der Waals surface area (Å²) < 4.78 is 0.976. The third-order valence-electron chi connectivity index (χ3n) is 2.64. The van der Waals surface area contributed by atoms with E-state index in [1.54, 1.807) is 18.0 Å². The Balaban J connectivity index is 1.90. The van der Waals surface area contributed by atoms with Gasteiger partial charge in [0, 0.05) is 16.4 Å². The third kappa shape index (κ3) is 4.63. The number of hydrogen-bond acceptors (Lipinski definition) is 4. The molecule has 0 saturated heterocycles. The molecule has 0 spiro atoms. The summed E-state index contributed by atoms with van der Waals surface area (Å²) in [5, 5.41) is 0.986. The van der Waals surface area contributed by atoms with Crippen LogP contribution in [0, 0.1) is 0 Å². The number of aromatic nitrogens is 1. The van der Waals surface area contributed by atoms with Crippen LogP contribution in [0.3, 0.4) is 0 Å². The van der Waals surface area contributed by atoms with Crippen LogP contribution in [0.25, 0.3) is 0 Å². The summed E-state index contributed by atoms with van der Waals surface area (Å²) in [7, 11) is 0. The van der Waals surface area contributed by atoms with Gasteiger partial charge in [0.2, 0.25) is 5.91 Å². The van der Waals surface area contributed by atoms with Gasteiger partial charge in [0.25, 0.3) is 0 Å². The lowest BCUT2D eigenvalue weighted by molar-refractivity contribution is -0.120. The second kappa shape index (κ2) is 7.42. The molecule has 0 fully saturated rings. The molecule has 1 heterocycles. The van der Waals surface area contributed by atoms with Crippen LogP contribution in [0.15, 0.2) is 52.1 Å². The first-order valence-electron chi connectivity index (χ1n) is 5.99. The molecule has 20 heavy (non-hydrogen) atoms. The Morgan fingerprint density at radius 2 is 1.90 bits per heavy atom. The number of pyridine rings is 1. The van der Waals surface area contributed by atoms with Crippen LogP contribution in [-0.2, 0) is 17.0 Å². The Morgan fingerprint density at radius 1 is 1.20 bits per heavy atom. The maximum absolute atomic E-state index is 11.2. The normalized spacial score (nSPS) is 10.3. The number of nitrogens with one attached hydrogen (secondary N) is 1. The molecule has 0 aliphatic carbocycles. The number of carbonyl (C=O) groups is 1. The van der Waals surface area contributed by atoms with Crippen LogP contribution in [0.1, 0.15) is 11.1 Å². The predicted octanol–water partition coefficient (Wildman–Crippen LogP) is 2.67. The first-order chi connectivity index (χ1) is 9.67. The minimum absolute atomic E-state index is 0.189. The molecule has 0 aliphatic rings. The second-order valence-corrected chi connectivity index (χ2v) is 6.08. The monoisotopic (exact) mass is 351 g/mol. The Morgan fingerprint density at radius 3 is 2.50 bits per heavy atom. The van der Waals surface area contributed by atoms with Gasteiger partial charge in [-0.3, -0.25) is 10.2 Å². The molecule has 2 aromatic rings. The average Bonchev–Trinajstić information content (AvgIpc) is 2.48. The minimum Gasteiger partial charge on any atom is -0.294 e. The molecule has 1 amide bonds. The smallest absolute Gasteiger partial charge is 0.238 e. The number of nitrogens with two attached hydrogens (primary N) is 1. The molecule has 1 aromatic carbocycles. The molecule has 2 rings (SSSR count). The van der Waals surface area contributed by atoms with Crippen molar-refractivity contribution in [1.29, 1.82) is 0 Å². The van der Waals surface area contributed by atoms with Crippen LogP contribution in [0.5, 0.6) is 0 Å². The highest BCUT2D eigenvalue weighted by molar-refractivity contribution is 9.10. The number of halogens is 1. The topological polar surface area (TPSA) is 68.0 Å². The molecule has 0 unspecified atom stereocenters. The van der Waals surface area contributed by atoms with Gasteiger partial charge >= 0.3 is 0 Å². The Labute approximate surface area is 130 Å². The van der Waals surface area contributed by atoms with Gasteiger partial charge in [-0.25, -0.2) is 10.8 Å². The molecular formula is C14H14BrN3OS. The van der Waals surface area contributed by atoms with E-state index in [2.05, 4.69) is 26.3 Å². The van der Waals surface area contributed by atoms with Crippen molar-refractivity contribution < 1.29 is 4.79 Å². The molecule has 0 saturated carbocycles. The van der Waals surface area contributed by atoms with Crippen molar-refractivity contribution in [2.45, 2.75) is 17.2 Å². The zero-order valence-electron chi connectivity index (χ0n) is 10.7. The summed E-state index contributed by atoms with van der Waals surface area (Å²) in [5.74, 6) is 5.72. The first kappa shape index (κ1) is 15.0. The quantitative estimate of drug-likeness (QED) is 0.376. The van der Waals surface area contributed by atoms with Crippen molar-refractivity contribution in [3.8, 4) is 0 Å². The summed E-state index contributed by atoms with van der Waals surface area (Å²) in [6, 6.07) is 11.9. The van der Waals surface area contributed by atoms with Gasteiger partial charge < -0.3 is 0 Å². The van der Waals surface area contributed by atoms with Gasteiger partial charge in [0.05, 0.1) is 11.4 Å². The average molecular weight is 352 g/mol. The highest BCUT2D eigenvalue weighted by Gasteiger charge is 2.02. The number of amides is 1. The van der Waals surface area contributed by atoms with Gasteiger partial charge in [-0.1, -0.05) is 24.3 Å². The van der Waals surface area contributed by atoms with Crippen LogP contribution in [0.2, 0.25) is 0 Å². The van der Waals surface area contributed by atoms with Gasteiger partial charge in [0.1, 0.15) is 0 Å². The first-order valence-corrected chi connectivity index (χ1v) is 7.77. The minimum atomic E-state index is -0.189. The SMILES string of the molecule is NNC(=O)Cc1ccc(CSc2ccc(Br)cn2)cc1. The molecule has 6 heteroatoms. The Bertz CT molecular complexity index is 572. The highest BCUT2D eigenvalue weighted by atomic mass is 79.9. The molecule has 0 atom stereocenters. The molecule has 104 valence electrons. The molecule has 0 radical (unpaired) electrons. The maximum atomic E-state index is 11.2. The molecular weight excluding hydrogens is 338 g/mol.